The third-order valence-corrected chi connectivity index (χ3v) is 5.11. The maximum atomic E-state index is 12.3. The van der Waals surface area contributed by atoms with Crippen molar-refractivity contribution in [3.63, 3.8) is 0 Å². The SMILES string of the molecule is Cl.NCCOc1ccc(C(=O)NCC(NS(=O)(=O)c2ccccc2)C(=O)O)cc1. The highest BCUT2D eigenvalue weighted by Gasteiger charge is 2.25. The average Bonchev–Trinajstić information content (AvgIpc) is 2.70. The number of hydrogen-bond donors (Lipinski definition) is 4. The molecule has 0 aromatic heterocycles. The van der Waals surface area contributed by atoms with Crippen LogP contribution in [0.3, 0.4) is 0 Å². The van der Waals surface area contributed by atoms with E-state index in [2.05, 4.69) is 10.0 Å². The average molecular weight is 444 g/mol. The van der Waals surface area contributed by atoms with Gasteiger partial charge in [-0.2, -0.15) is 4.72 Å². The number of ether oxygens (including phenoxy) is 1. The first-order valence-electron chi connectivity index (χ1n) is 8.35. The minimum absolute atomic E-state index is 0. The minimum Gasteiger partial charge on any atom is -0.492 e. The van der Waals surface area contributed by atoms with Crippen molar-refractivity contribution < 1.29 is 27.9 Å². The lowest BCUT2D eigenvalue weighted by atomic mass is 10.2. The van der Waals surface area contributed by atoms with Crippen LogP contribution in [0.1, 0.15) is 10.4 Å². The summed E-state index contributed by atoms with van der Waals surface area (Å²) in [6, 6.07) is 12.0. The number of carbonyl (C=O) groups excluding carboxylic acids is 1. The van der Waals surface area contributed by atoms with Gasteiger partial charge in [0, 0.05) is 18.7 Å². The van der Waals surface area contributed by atoms with Crippen LogP contribution in [0, 0.1) is 0 Å². The molecule has 0 radical (unpaired) electrons. The molecule has 0 bridgehead atoms. The highest BCUT2D eigenvalue weighted by atomic mass is 35.5. The normalized spacial score (nSPS) is 11.8. The van der Waals surface area contributed by atoms with Gasteiger partial charge < -0.3 is 20.9 Å². The largest absolute Gasteiger partial charge is 0.492 e. The van der Waals surface area contributed by atoms with Crippen molar-refractivity contribution in [2.75, 3.05) is 19.7 Å². The number of sulfonamides is 1. The second kappa shape index (κ2) is 11.4. The smallest absolute Gasteiger partial charge is 0.323 e. The van der Waals surface area contributed by atoms with Crippen molar-refractivity contribution in [1.82, 2.24) is 10.0 Å². The van der Waals surface area contributed by atoms with Crippen LogP contribution in [0.15, 0.2) is 59.5 Å². The van der Waals surface area contributed by atoms with E-state index in [0.29, 0.717) is 18.9 Å². The van der Waals surface area contributed by atoms with E-state index in [-0.39, 0.29) is 22.9 Å². The molecule has 0 aliphatic carbocycles. The van der Waals surface area contributed by atoms with Gasteiger partial charge in [-0.15, -0.1) is 12.4 Å². The Kier molecular flexibility index (Phi) is 9.56. The zero-order valence-electron chi connectivity index (χ0n) is 15.3. The van der Waals surface area contributed by atoms with Crippen molar-refractivity contribution in [2.45, 2.75) is 10.9 Å². The van der Waals surface area contributed by atoms with Crippen molar-refractivity contribution in [2.24, 2.45) is 5.73 Å². The molecule has 1 atom stereocenters. The number of carbonyl (C=O) groups is 2. The summed E-state index contributed by atoms with van der Waals surface area (Å²) in [5.74, 6) is -1.41. The van der Waals surface area contributed by atoms with E-state index in [4.69, 9.17) is 10.5 Å². The Morgan fingerprint density at radius 1 is 1.07 bits per heavy atom. The van der Waals surface area contributed by atoms with E-state index in [1.54, 1.807) is 18.2 Å². The topological polar surface area (TPSA) is 148 Å². The summed E-state index contributed by atoms with van der Waals surface area (Å²) in [4.78, 5) is 23.5. The van der Waals surface area contributed by atoms with Crippen molar-refractivity contribution in [1.29, 1.82) is 0 Å². The minimum atomic E-state index is -4.04. The monoisotopic (exact) mass is 443 g/mol. The summed E-state index contributed by atoms with van der Waals surface area (Å²) in [6.07, 6.45) is 0. The Morgan fingerprint density at radius 3 is 2.24 bits per heavy atom. The molecule has 0 fully saturated rings. The molecule has 11 heteroatoms. The van der Waals surface area contributed by atoms with Crippen LogP contribution in [-0.4, -0.2) is 51.1 Å². The predicted octanol–water partition coefficient (Wildman–Crippen LogP) is 0.607. The third-order valence-electron chi connectivity index (χ3n) is 3.62. The van der Waals surface area contributed by atoms with Crippen LogP contribution in [0.4, 0.5) is 0 Å². The first-order chi connectivity index (χ1) is 13.3. The highest BCUT2D eigenvalue weighted by molar-refractivity contribution is 7.89. The van der Waals surface area contributed by atoms with Crippen LogP contribution >= 0.6 is 12.4 Å². The van der Waals surface area contributed by atoms with Gasteiger partial charge in [0.2, 0.25) is 10.0 Å². The number of nitrogens with one attached hydrogen (secondary N) is 2. The number of amides is 1. The van der Waals surface area contributed by atoms with Gasteiger partial charge in [-0.25, -0.2) is 8.42 Å². The van der Waals surface area contributed by atoms with Crippen molar-refractivity contribution in [3.8, 4) is 5.75 Å². The maximum absolute atomic E-state index is 12.3. The van der Waals surface area contributed by atoms with Gasteiger partial charge >= 0.3 is 5.97 Å². The summed E-state index contributed by atoms with van der Waals surface area (Å²) in [5.41, 5.74) is 5.62. The van der Waals surface area contributed by atoms with Gasteiger partial charge in [-0.1, -0.05) is 18.2 Å². The van der Waals surface area contributed by atoms with Crippen LogP contribution in [-0.2, 0) is 14.8 Å². The van der Waals surface area contributed by atoms with Crippen LogP contribution < -0.4 is 20.5 Å². The molecule has 29 heavy (non-hydrogen) atoms. The summed E-state index contributed by atoms with van der Waals surface area (Å²) < 4.78 is 31.9. The van der Waals surface area contributed by atoms with Crippen molar-refractivity contribution >= 4 is 34.3 Å². The van der Waals surface area contributed by atoms with Crippen LogP contribution in [0.5, 0.6) is 5.75 Å². The quantitative estimate of drug-likeness (QED) is 0.420. The lowest BCUT2D eigenvalue weighted by molar-refractivity contribution is -0.138. The lowest BCUT2D eigenvalue weighted by Gasteiger charge is -2.16. The Hall–Kier alpha value is -2.66. The highest BCUT2D eigenvalue weighted by Crippen LogP contribution is 2.12. The molecule has 2 aromatic rings. The number of benzene rings is 2. The van der Waals surface area contributed by atoms with Gasteiger partial charge in [0.1, 0.15) is 18.4 Å². The third kappa shape index (κ3) is 7.35. The molecule has 0 saturated heterocycles. The Labute approximate surface area is 174 Å². The zero-order chi connectivity index (χ0) is 20.6. The second-order valence-electron chi connectivity index (χ2n) is 5.70. The van der Waals surface area contributed by atoms with Gasteiger partial charge in [0.15, 0.2) is 0 Å². The molecule has 5 N–H and O–H groups in total. The molecule has 0 spiro atoms. The van der Waals surface area contributed by atoms with Crippen LogP contribution in [0.2, 0.25) is 0 Å². The molecule has 0 aliphatic heterocycles. The van der Waals surface area contributed by atoms with E-state index < -0.39 is 34.5 Å². The fraction of sp³-hybridized carbons (Fsp3) is 0.222. The number of halogens is 1. The lowest BCUT2D eigenvalue weighted by Crippen LogP contribution is -2.48. The molecule has 0 saturated carbocycles. The molecule has 1 unspecified atom stereocenters. The van der Waals surface area contributed by atoms with E-state index in [0.717, 1.165) is 0 Å². The predicted molar refractivity (Wildman–Crippen MR) is 109 cm³/mol. The fourth-order valence-corrected chi connectivity index (χ4v) is 3.42. The summed E-state index contributed by atoms with van der Waals surface area (Å²) in [5, 5.41) is 11.7. The maximum Gasteiger partial charge on any atom is 0.323 e. The number of hydrogen-bond acceptors (Lipinski definition) is 6. The van der Waals surface area contributed by atoms with E-state index in [1.807, 2.05) is 0 Å². The molecule has 0 heterocycles. The van der Waals surface area contributed by atoms with E-state index in [1.165, 1.54) is 36.4 Å². The number of carboxylic acids is 1. The van der Waals surface area contributed by atoms with Gasteiger partial charge in [-0.3, -0.25) is 9.59 Å². The molecule has 9 nitrogen and oxygen atoms in total. The van der Waals surface area contributed by atoms with Gasteiger partial charge in [0.05, 0.1) is 4.90 Å². The fourth-order valence-electron chi connectivity index (χ4n) is 2.21. The molecule has 2 rings (SSSR count). The number of aliphatic carboxylic acids is 1. The zero-order valence-corrected chi connectivity index (χ0v) is 16.9. The number of nitrogens with two attached hydrogens (primary N) is 1. The number of rotatable bonds is 10. The molecular formula is C18H22ClN3O6S. The van der Waals surface area contributed by atoms with Crippen molar-refractivity contribution in [3.05, 3.63) is 60.2 Å². The Balaban J connectivity index is 0.00000420. The standard InChI is InChI=1S/C18H21N3O6S.ClH/c19-10-11-27-14-8-6-13(7-9-14)17(22)20-12-16(18(23)24)21-28(25,26)15-4-2-1-3-5-15;/h1-9,16,21H,10-12,19H2,(H,20,22)(H,23,24);1H. The molecule has 0 aliphatic rings. The number of carboxylic acid groups (broad SMARTS) is 1. The summed E-state index contributed by atoms with van der Waals surface area (Å²) in [7, 11) is -4.04. The Bertz CT molecular complexity index is 907. The first-order valence-corrected chi connectivity index (χ1v) is 9.83. The molecule has 158 valence electrons. The summed E-state index contributed by atoms with van der Waals surface area (Å²) >= 11 is 0. The molecule has 2 aromatic carbocycles. The van der Waals surface area contributed by atoms with Gasteiger partial charge in [-0.05, 0) is 36.4 Å². The summed E-state index contributed by atoms with van der Waals surface area (Å²) in [6.45, 7) is 0.275. The van der Waals surface area contributed by atoms with Gasteiger partial charge in [0.25, 0.3) is 5.91 Å². The molecular weight excluding hydrogens is 422 g/mol. The molecule has 1 amide bonds. The van der Waals surface area contributed by atoms with Crippen LogP contribution in [0.25, 0.3) is 0 Å². The van der Waals surface area contributed by atoms with E-state index >= 15 is 0 Å². The Morgan fingerprint density at radius 2 is 1.69 bits per heavy atom. The van der Waals surface area contributed by atoms with E-state index in [9.17, 15) is 23.1 Å². The second-order valence-corrected chi connectivity index (χ2v) is 7.41. The first kappa shape index (κ1) is 24.4.